The third kappa shape index (κ3) is 2.46. The largest absolute Gasteiger partial charge is 0.465 e. The summed E-state index contributed by atoms with van der Waals surface area (Å²) in [5.41, 5.74) is 0.408. The maximum absolute atomic E-state index is 13.6. The van der Waals surface area contributed by atoms with Crippen molar-refractivity contribution < 1.29 is 13.9 Å². The molecule has 0 atom stereocenters. The summed E-state index contributed by atoms with van der Waals surface area (Å²) in [4.78, 5) is 11.3. The fraction of sp³-hybridized carbons (Fsp3) is 0.300. The number of benzene rings is 1. The van der Waals surface area contributed by atoms with Crippen LogP contribution in [0.15, 0.2) is 12.1 Å². The summed E-state index contributed by atoms with van der Waals surface area (Å²) in [5.74, 6) is -1.16. The van der Waals surface area contributed by atoms with Crippen molar-refractivity contribution in [2.75, 3.05) is 14.2 Å². The molecule has 0 spiro atoms. The zero-order valence-electron chi connectivity index (χ0n) is 8.43. The zero-order valence-corrected chi connectivity index (χ0v) is 9.19. The molecule has 1 aromatic rings. The first kappa shape index (κ1) is 11.9. The van der Waals surface area contributed by atoms with E-state index in [-0.39, 0.29) is 22.7 Å². The summed E-state index contributed by atoms with van der Waals surface area (Å²) in [7, 11) is 2.90. The molecular weight excluding hydrogens is 221 g/mol. The molecule has 3 nitrogen and oxygen atoms in total. The first-order valence-electron chi connectivity index (χ1n) is 4.31. The van der Waals surface area contributed by atoms with Crippen LogP contribution in [0.1, 0.15) is 15.9 Å². The molecular formula is C10H11ClFNO2. The maximum Gasteiger partial charge on any atom is 0.338 e. The van der Waals surface area contributed by atoms with Crippen LogP contribution < -0.4 is 5.32 Å². The third-order valence-corrected chi connectivity index (χ3v) is 2.25. The van der Waals surface area contributed by atoms with E-state index in [1.54, 1.807) is 7.05 Å². The summed E-state index contributed by atoms with van der Waals surface area (Å²) in [6, 6.07) is 2.78. The van der Waals surface area contributed by atoms with Gasteiger partial charge in [0.05, 0.1) is 17.7 Å². The van der Waals surface area contributed by atoms with Gasteiger partial charge in [-0.3, -0.25) is 0 Å². The van der Waals surface area contributed by atoms with E-state index in [1.807, 2.05) is 0 Å². The Morgan fingerprint density at radius 1 is 1.60 bits per heavy atom. The molecule has 15 heavy (non-hydrogen) atoms. The van der Waals surface area contributed by atoms with E-state index >= 15 is 0 Å². The SMILES string of the molecule is CNCc1c(C(=O)OC)ccc(Cl)c1F. The van der Waals surface area contributed by atoms with E-state index in [2.05, 4.69) is 10.1 Å². The average molecular weight is 232 g/mol. The lowest BCUT2D eigenvalue weighted by molar-refractivity contribution is 0.0598. The van der Waals surface area contributed by atoms with Gasteiger partial charge in [0.25, 0.3) is 0 Å². The lowest BCUT2D eigenvalue weighted by Gasteiger charge is -2.09. The van der Waals surface area contributed by atoms with Gasteiger partial charge in [-0.05, 0) is 19.2 Å². The minimum atomic E-state index is -0.589. The van der Waals surface area contributed by atoms with Crippen LogP contribution in [0.5, 0.6) is 0 Å². The minimum Gasteiger partial charge on any atom is -0.465 e. The summed E-state index contributed by atoms with van der Waals surface area (Å²) >= 11 is 5.61. The van der Waals surface area contributed by atoms with Crippen molar-refractivity contribution >= 4 is 17.6 Å². The number of halogens is 2. The number of carbonyl (C=O) groups excluding carboxylic acids is 1. The summed E-state index contributed by atoms with van der Waals surface area (Å²) in [6.45, 7) is 0.219. The molecule has 0 aliphatic rings. The Labute approximate surface area is 92.2 Å². The number of nitrogens with one attached hydrogen (secondary N) is 1. The number of hydrogen-bond acceptors (Lipinski definition) is 3. The second-order valence-electron chi connectivity index (χ2n) is 2.91. The molecule has 0 aliphatic heterocycles. The molecule has 82 valence electrons. The Morgan fingerprint density at radius 3 is 2.80 bits per heavy atom. The highest BCUT2D eigenvalue weighted by Crippen LogP contribution is 2.22. The van der Waals surface area contributed by atoms with E-state index in [9.17, 15) is 9.18 Å². The zero-order chi connectivity index (χ0) is 11.4. The molecule has 0 saturated heterocycles. The van der Waals surface area contributed by atoms with Crippen LogP contribution in [-0.2, 0) is 11.3 Å². The predicted molar refractivity (Wildman–Crippen MR) is 55.5 cm³/mol. The Balaban J connectivity index is 3.26. The van der Waals surface area contributed by atoms with E-state index in [4.69, 9.17) is 11.6 Å². The molecule has 1 aromatic carbocycles. The van der Waals surface area contributed by atoms with Crippen molar-refractivity contribution in [1.29, 1.82) is 0 Å². The van der Waals surface area contributed by atoms with Crippen molar-refractivity contribution in [3.63, 3.8) is 0 Å². The lowest BCUT2D eigenvalue weighted by atomic mass is 10.1. The minimum absolute atomic E-state index is 0.00657. The number of ether oxygens (including phenoxy) is 1. The van der Waals surface area contributed by atoms with Crippen molar-refractivity contribution in [3.05, 3.63) is 34.1 Å². The van der Waals surface area contributed by atoms with Gasteiger partial charge in [0.15, 0.2) is 0 Å². The van der Waals surface area contributed by atoms with Crippen LogP contribution >= 0.6 is 11.6 Å². The molecule has 1 N–H and O–H groups in total. The van der Waals surface area contributed by atoms with Gasteiger partial charge in [0.2, 0.25) is 0 Å². The van der Waals surface area contributed by atoms with Crippen LogP contribution in [0.25, 0.3) is 0 Å². The fourth-order valence-corrected chi connectivity index (χ4v) is 1.42. The van der Waals surface area contributed by atoms with Gasteiger partial charge >= 0.3 is 5.97 Å². The van der Waals surface area contributed by atoms with E-state index < -0.39 is 11.8 Å². The molecule has 0 radical (unpaired) electrons. The van der Waals surface area contributed by atoms with Crippen LogP contribution in [0.3, 0.4) is 0 Å². The maximum atomic E-state index is 13.6. The molecule has 0 heterocycles. The highest BCUT2D eigenvalue weighted by atomic mass is 35.5. The summed E-state index contributed by atoms with van der Waals surface area (Å²) < 4.78 is 18.1. The first-order chi connectivity index (χ1) is 7.11. The number of methoxy groups -OCH3 is 1. The molecule has 5 heteroatoms. The van der Waals surface area contributed by atoms with E-state index in [1.165, 1.54) is 19.2 Å². The molecule has 0 fully saturated rings. The second kappa shape index (κ2) is 5.09. The van der Waals surface area contributed by atoms with Gasteiger partial charge in [-0.1, -0.05) is 11.6 Å². The topological polar surface area (TPSA) is 38.3 Å². The van der Waals surface area contributed by atoms with Gasteiger partial charge < -0.3 is 10.1 Å². The van der Waals surface area contributed by atoms with Gasteiger partial charge in [-0.15, -0.1) is 0 Å². The quantitative estimate of drug-likeness (QED) is 0.809. The monoisotopic (exact) mass is 231 g/mol. The van der Waals surface area contributed by atoms with Crippen LogP contribution in [0.2, 0.25) is 5.02 Å². The highest BCUT2D eigenvalue weighted by Gasteiger charge is 2.17. The summed E-state index contributed by atoms with van der Waals surface area (Å²) in [5, 5.41) is 2.76. The van der Waals surface area contributed by atoms with Crippen molar-refractivity contribution in [3.8, 4) is 0 Å². The fourth-order valence-electron chi connectivity index (χ4n) is 1.24. The predicted octanol–water partition coefficient (Wildman–Crippen LogP) is 1.99. The normalized spacial score (nSPS) is 10.1. The van der Waals surface area contributed by atoms with Crippen molar-refractivity contribution in [2.24, 2.45) is 0 Å². The molecule has 0 unspecified atom stereocenters. The van der Waals surface area contributed by atoms with E-state index in [0.717, 1.165) is 0 Å². The van der Waals surface area contributed by atoms with Gasteiger partial charge in [-0.2, -0.15) is 0 Å². The van der Waals surface area contributed by atoms with Crippen LogP contribution in [0, 0.1) is 5.82 Å². The Kier molecular flexibility index (Phi) is 4.05. The van der Waals surface area contributed by atoms with Crippen molar-refractivity contribution in [1.82, 2.24) is 5.32 Å². The molecule has 0 amide bonds. The second-order valence-corrected chi connectivity index (χ2v) is 3.32. The molecule has 0 bridgehead atoms. The number of esters is 1. The molecule has 0 aromatic heterocycles. The van der Waals surface area contributed by atoms with Crippen LogP contribution in [-0.4, -0.2) is 20.1 Å². The molecule has 1 rings (SSSR count). The standard InChI is InChI=1S/C10H11ClFNO2/c1-13-5-7-6(10(14)15-2)3-4-8(11)9(7)12/h3-4,13H,5H2,1-2H3. The average Bonchev–Trinajstić information content (AvgIpc) is 2.24. The van der Waals surface area contributed by atoms with Gasteiger partial charge in [-0.25, -0.2) is 9.18 Å². The first-order valence-corrected chi connectivity index (χ1v) is 4.69. The Bertz CT molecular complexity index is 382. The van der Waals surface area contributed by atoms with Crippen LogP contribution in [0.4, 0.5) is 4.39 Å². The Hall–Kier alpha value is -1.13. The number of carbonyl (C=O) groups is 1. The van der Waals surface area contributed by atoms with Gasteiger partial charge in [0.1, 0.15) is 5.82 Å². The van der Waals surface area contributed by atoms with Gasteiger partial charge in [0, 0.05) is 12.1 Å². The van der Waals surface area contributed by atoms with E-state index in [0.29, 0.717) is 0 Å². The highest BCUT2D eigenvalue weighted by molar-refractivity contribution is 6.30. The molecule has 0 saturated carbocycles. The smallest absolute Gasteiger partial charge is 0.338 e. The third-order valence-electron chi connectivity index (χ3n) is 1.95. The lowest BCUT2D eigenvalue weighted by Crippen LogP contribution is -2.14. The van der Waals surface area contributed by atoms with Crippen molar-refractivity contribution in [2.45, 2.75) is 6.54 Å². The molecule has 0 aliphatic carbocycles. The number of rotatable bonds is 3. The Morgan fingerprint density at radius 2 is 2.27 bits per heavy atom. The summed E-state index contributed by atoms with van der Waals surface area (Å²) in [6.07, 6.45) is 0. The number of hydrogen-bond donors (Lipinski definition) is 1.